The summed E-state index contributed by atoms with van der Waals surface area (Å²) in [5, 5.41) is 0. The molecular formula is C9H11N3. The summed E-state index contributed by atoms with van der Waals surface area (Å²) in [5.41, 5.74) is 4.40. The van der Waals surface area contributed by atoms with Gasteiger partial charge in [-0.2, -0.15) is 0 Å². The number of hydrogen-bond acceptors (Lipinski definition) is 2. The van der Waals surface area contributed by atoms with Gasteiger partial charge in [-0.25, -0.2) is 9.97 Å². The molecule has 0 spiro atoms. The van der Waals surface area contributed by atoms with Crippen LogP contribution in [-0.2, 0) is 6.42 Å². The molecule has 0 unspecified atom stereocenters. The average Bonchev–Trinajstić information content (AvgIpc) is 2.48. The van der Waals surface area contributed by atoms with Gasteiger partial charge in [-0.15, -0.1) is 0 Å². The van der Waals surface area contributed by atoms with Gasteiger partial charge in [0.2, 0.25) is 0 Å². The molecule has 3 heteroatoms. The number of hydrogen-bond donors (Lipinski definition) is 1. The zero-order valence-corrected chi connectivity index (χ0v) is 7.26. The molecule has 2 aromatic rings. The number of aryl methyl sites for hydroxylation is 2. The summed E-state index contributed by atoms with van der Waals surface area (Å²) in [5.74, 6) is 0. The standard InChI is InChI=1S/C9H11N3/c1-3-7-9-8(12-5-11-7)6(2)4-10-9/h4-5,10H,3H2,1-2H3. The molecule has 0 aliphatic carbocycles. The number of nitrogens with zero attached hydrogens (tertiary/aromatic N) is 2. The van der Waals surface area contributed by atoms with E-state index in [9.17, 15) is 0 Å². The van der Waals surface area contributed by atoms with E-state index in [0.717, 1.165) is 23.1 Å². The van der Waals surface area contributed by atoms with Crippen molar-refractivity contribution in [1.82, 2.24) is 15.0 Å². The minimum atomic E-state index is 0.943. The molecule has 0 aromatic carbocycles. The number of aromatic amines is 1. The van der Waals surface area contributed by atoms with E-state index in [-0.39, 0.29) is 0 Å². The van der Waals surface area contributed by atoms with Crippen molar-refractivity contribution in [2.75, 3.05) is 0 Å². The molecule has 2 aromatic heterocycles. The van der Waals surface area contributed by atoms with Gasteiger partial charge >= 0.3 is 0 Å². The first-order valence-corrected chi connectivity index (χ1v) is 4.10. The minimum absolute atomic E-state index is 0.943. The minimum Gasteiger partial charge on any atom is -0.358 e. The lowest BCUT2D eigenvalue weighted by atomic mass is 10.2. The second-order valence-corrected chi connectivity index (χ2v) is 2.87. The predicted octanol–water partition coefficient (Wildman–Crippen LogP) is 1.83. The Morgan fingerprint density at radius 1 is 1.42 bits per heavy atom. The Labute approximate surface area is 70.9 Å². The van der Waals surface area contributed by atoms with Crippen molar-refractivity contribution in [3.05, 3.63) is 23.8 Å². The van der Waals surface area contributed by atoms with Crippen molar-refractivity contribution >= 4 is 11.0 Å². The molecular weight excluding hydrogens is 150 g/mol. The third-order valence-electron chi connectivity index (χ3n) is 2.07. The molecule has 0 amide bonds. The van der Waals surface area contributed by atoms with Crippen molar-refractivity contribution in [3.63, 3.8) is 0 Å². The Hall–Kier alpha value is -1.38. The molecule has 0 fully saturated rings. The van der Waals surface area contributed by atoms with Crippen LogP contribution in [-0.4, -0.2) is 15.0 Å². The average molecular weight is 161 g/mol. The normalized spacial score (nSPS) is 10.8. The van der Waals surface area contributed by atoms with E-state index < -0.39 is 0 Å². The zero-order valence-electron chi connectivity index (χ0n) is 7.26. The topological polar surface area (TPSA) is 41.6 Å². The van der Waals surface area contributed by atoms with Crippen LogP contribution in [0.25, 0.3) is 11.0 Å². The highest BCUT2D eigenvalue weighted by atomic mass is 14.9. The van der Waals surface area contributed by atoms with Gasteiger partial charge in [0.25, 0.3) is 0 Å². The van der Waals surface area contributed by atoms with Gasteiger partial charge in [0.15, 0.2) is 0 Å². The van der Waals surface area contributed by atoms with Crippen molar-refractivity contribution in [2.45, 2.75) is 20.3 Å². The highest BCUT2D eigenvalue weighted by Gasteiger charge is 2.04. The second kappa shape index (κ2) is 2.59. The van der Waals surface area contributed by atoms with Gasteiger partial charge in [-0.1, -0.05) is 6.92 Å². The van der Waals surface area contributed by atoms with E-state index >= 15 is 0 Å². The Kier molecular flexibility index (Phi) is 1.57. The first-order chi connectivity index (χ1) is 5.83. The number of aromatic nitrogens is 3. The van der Waals surface area contributed by atoms with Gasteiger partial charge in [-0.05, 0) is 18.9 Å². The lowest BCUT2D eigenvalue weighted by Crippen LogP contribution is -1.90. The number of fused-ring (bicyclic) bond motifs is 1. The van der Waals surface area contributed by atoms with Gasteiger partial charge in [-0.3, -0.25) is 0 Å². The maximum atomic E-state index is 4.21. The van der Waals surface area contributed by atoms with E-state index in [1.54, 1.807) is 6.33 Å². The highest BCUT2D eigenvalue weighted by Crippen LogP contribution is 2.16. The quantitative estimate of drug-likeness (QED) is 0.693. The largest absolute Gasteiger partial charge is 0.358 e. The Morgan fingerprint density at radius 3 is 3.00 bits per heavy atom. The zero-order chi connectivity index (χ0) is 8.55. The van der Waals surface area contributed by atoms with Gasteiger partial charge < -0.3 is 4.98 Å². The molecule has 12 heavy (non-hydrogen) atoms. The lowest BCUT2D eigenvalue weighted by molar-refractivity contribution is 1.02. The molecule has 3 nitrogen and oxygen atoms in total. The molecule has 0 radical (unpaired) electrons. The van der Waals surface area contributed by atoms with E-state index in [4.69, 9.17) is 0 Å². The lowest BCUT2D eigenvalue weighted by Gasteiger charge is -1.96. The number of H-pyrrole nitrogens is 1. The maximum absolute atomic E-state index is 4.21. The van der Waals surface area contributed by atoms with Crippen LogP contribution in [0.2, 0.25) is 0 Å². The molecule has 0 saturated carbocycles. The second-order valence-electron chi connectivity index (χ2n) is 2.87. The van der Waals surface area contributed by atoms with E-state index in [1.165, 1.54) is 5.56 Å². The summed E-state index contributed by atoms with van der Waals surface area (Å²) in [6, 6.07) is 0. The van der Waals surface area contributed by atoms with Gasteiger partial charge in [0.1, 0.15) is 6.33 Å². The maximum Gasteiger partial charge on any atom is 0.116 e. The summed E-state index contributed by atoms with van der Waals surface area (Å²) < 4.78 is 0. The Morgan fingerprint density at radius 2 is 2.25 bits per heavy atom. The van der Waals surface area contributed by atoms with Crippen molar-refractivity contribution in [1.29, 1.82) is 0 Å². The molecule has 2 heterocycles. The van der Waals surface area contributed by atoms with Crippen molar-refractivity contribution in [2.24, 2.45) is 0 Å². The van der Waals surface area contributed by atoms with Crippen LogP contribution < -0.4 is 0 Å². The fourth-order valence-electron chi connectivity index (χ4n) is 1.39. The van der Waals surface area contributed by atoms with Crippen LogP contribution in [0.3, 0.4) is 0 Å². The molecule has 0 aliphatic heterocycles. The SMILES string of the molecule is CCc1ncnc2c(C)c[nH]c12. The fourth-order valence-corrected chi connectivity index (χ4v) is 1.39. The first kappa shape index (κ1) is 7.28. The van der Waals surface area contributed by atoms with Crippen LogP contribution in [0, 0.1) is 6.92 Å². The summed E-state index contributed by atoms with van der Waals surface area (Å²) in [6.07, 6.45) is 4.54. The molecule has 0 aliphatic rings. The molecule has 62 valence electrons. The molecule has 0 atom stereocenters. The van der Waals surface area contributed by atoms with Crippen molar-refractivity contribution < 1.29 is 0 Å². The monoisotopic (exact) mass is 161 g/mol. The van der Waals surface area contributed by atoms with E-state index in [1.807, 2.05) is 13.1 Å². The number of nitrogens with one attached hydrogen (secondary N) is 1. The van der Waals surface area contributed by atoms with E-state index in [2.05, 4.69) is 21.9 Å². The molecule has 0 saturated heterocycles. The first-order valence-electron chi connectivity index (χ1n) is 4.10. The molecule has 2 rings (SSSR count). The summed E-state index contributed by atoms with van der Waals surface area (Å²) in [7, 11) is 0. The third-order valence-corrected chi connectivity index (χ3v) is 2.07. The highest BCUT2D eigenvalue weighted by molar-refractivity contribution is 5.80. The molecule has 0 bridgehead atoms. The van der Waals surface area contributed by atoms with Crippen LogP contribution in [0.4, 0.5) is 0 Å². The van der Waals surface area contributed by atoms with Crippen LogP contribution in [0.15, 0.2) is 12.5 Å². The van der Waals surface area contributed by atoms with Gasteiger partial charge in [0.05, 0.1) is 16.7 Å². The summed E-state index contributed by atoms with van der Waals surface area (Å²) in [4.78, 5) is 11.6. The molecule has 1 N–H and O–H groups in total. The van der Waals surface area contributed by atoms with Gasteiger partial charge in [0, 0.05) is 6.20 Å². The summed E-state index contributed by atoms with van der Waals surface area (Å²) in [6.45, 7) is 4.14. The van der Waals surface area contributed by atoms with E-state index in [0.29, 0.717) is 0 Å². The third kappa shape index (κ3) is 0.897. The fraction of sp³-hybridized carbons (Fsp3) is 0.333. The predicted molar refractivity (Wildman–Crippen MR) is 48.0 cm³/mol. The Balaban J connectivity index is 2.81. The Bertz CT molecular complexity index is 403. The van der Waals surface area contributed by atoms with Crippen molar-refractivity contribution in [3.8, 4) is 0 Å². The van der Waals surface area contributed by atoms with Crippen LogP contribution >= 0.6 is 0 Å². The smallest absolute Gasteiger partial charge is 0.116 e. The summed E-state index contributed by atoms with van der Waals surface area (Å²) >= 11 is 0. The van der Waals surface area contributed by atoms with Crippen LogP contribution in [0.1, 0.15) is 18.2 Å². The van der Waals surface area contributed by atoms with Crippen LogP contribution in [0.5, 0.6) is 0 Å². The number of rotatable bonds is 1.